The highest BCUT2D eigenvalue weighted by Crippen LogP contribution is 2.40. The molecule has 0 fully saturated rings. The second kappa shape index (κ2) is 8.48. The minimum atomic E-state index is -0.416. The topological polar surface area (TPSA) is 55.4 Å². The molecule has 1 N–H and O–H groups in total. The van der Waals surface area contributed by atoms with Crippen LogP contribution in [0.3, 0.4) is 0 Å². The van der Waals surface area contributed by atoms with Crippen LogP contribution in [0.4, 0.5) is 9.39 Å². The van der Waals surface area contributed by atoms with E-state index in [0.717, 1.165) is 41.7 Å². The lowest BCUT2D eigenvalue weighted by Gasteiger charge is -2.20. The van der Waals surface area contributed by atoms with Crippen molar-refractivity contribution < 1.29 is 18.7 Å². The Morgan fingerprint density at radius 2 is 2.07 bits per heavy atom. The summed E-state index contributed by atoms with van der Waals surface area (Å²) >= 11 is 1.46. The van der Waals surface area contributed by atoms with E-state index in [1.54, 1.807) is 18.2 Å². The number of hydrogen-bond acceptors (Lipinski definition) is 4. The van der Waals surface area contributed by atoms with Gasteiger partial charge in [0.2, 0.25) is 5.91 Å². The van der Waals surface area contributed by atoms with Gasteiger partial charge >= 0.3 is 5.97 Å². The van der Waals surface area contributed by atoms with Gasteiger partial charge < -0.3 is 10.1 Å². The van der Waals surface area contributed by atoms with Gasteiger partial charge in [-0.15, -0.1) is 11.3 Å². The molecule has 1 aliphatic carbocycles. The normalized spacial score (nSPS) is 16.2. The Bertz CT molecular complexity index is 870. The molecule has 0 radical (unpaired) electrons. The maximum Gasteiger partial charge on any atom is 0.341 e. The summed E-state index contributed by atoms with van der Waals surface area (Å²) in [6, 6.07) is 5.86. The van der Waals surface area contributed by atoms with Crippen molar-refractivity contribution in [2.45, 2.75) is 32.6 Å². The molecular formula is C21H22FNO3S. The van der Waals surface area contributed by atoms with Gasteiger partial charge in [-0.25, -0.2) is 9.18 Å². The van der Waals surface area contributed by atoms with E-state index in [4.69, 9.17) is 4.74 Å². The van der Waals surface area contributed by atoms with Crippen LogP contribution >= 0.6 is 11.3 Å². The van der Waals surface area contributed by atoms with E-state index in [0.29, 0.717) is 16.5 Å². The van der Waals surface area contributed by atoms with Crippen LogP contribution in [0.15, 0.2) is 30.3 Å². The molecule has 3 rings (SSSR count). The van der Waals surface area contributed by atoms with Crippen molar-refractivity contribution >= 4 is 34.3 Å². The number of anilines is 1. The summed E-state index contributed by atoms with van der Waals surface area (Å²) in [6.07, 6.45) is 6.89. The van der Waals surface area contributed by atoms with Crippen LogP contribution in [0.1, 0.15) is 46.1 Å². The number of rotatable bonds is 5. The van der Waals surface area contributed by atoms with Gasteiger partial charge in [0.1, 0.15) is 10.8 Å². The molecule has 0 saturated heterocycles. The highest BCUT2D eigenvalue weighted by Gasteiger charge is 2.29. The van der Waals surface area contributed by atoms with Crippen LogP contribution in [0.2, 0.25) is 0 Å². The first-order valence-electron chi connectivity index (χ1n) is 8.99. The Hall–Kier alpha value is -2.47. The Morgan fingerprint density at radius 1 is 1.33 bits per heavy atom. The highest BCUT2D eigenvalue weighted by molar-refractivity contribution is 7.17. The van der Waals surface area contributed by atoms with Gasteiger partial charge in [0.15, 0.2) is 0 Å². The average molecular weight is 387 g/mol. The average Bonchev–Trinajstić information content (AvgIpc) is 3.03. The number of esters is 1. The second-order valence-electron chi connectivity index (χ2n) is 6.59. The Labute approximate surface area is 162 Å². The molecular weight excluding hydrogens is 365 g/mol. The molecule has 1 unspecified atom stereocenters. The number of fused-ring (bicyclic) bond motifs is 1. The van der Waals surface area contributed by atoms with E-state index < -0.39 is 5.97 Å². The number of ether oxygens (including phenoxy) is 1. The summed E-state index contributed by atoms with van der Waals surface area (Å²) in [5.74, 6) is -0.465. The molecule has 1 amide bonds. The van der Waals surface area contributed by atoms with Gasteiger partial charge in [-0.2, -0.15) is 0 Å². The third-order valence-electron chi connectivity index (χ3n) is 4.87. The fourth-order valence-electron chi connectivity index (χ4n) is 3.31. The maximum atomic E-state index is 12.9. The Morgan fingerprint density at radius 3 is 2.74 bits per heavy atom. The maximum absolute atomic E-state index is 12.9. The monoisotopic (exact) mass is 387 g/mol. The smallest absolute Gasteiger partial charge is 0.341 e. The second-order valence-corrected chi connectivity index (χ2v) is 7.70. The summed E-state index contributed by atoms with van der Waals surface area (Å²) in [5, 5.41) is 3.35. The standard InChI is InChI=1S/C21H22FNO3S/c1-3-13-6-10-16-17(12-13)27-20(19(16)21(25)26-2)23-18(24)11-7-14-4-8-15(22)9-5-14/h4-5,7-9,11,13H,3,6,10,12H2,1-2H3,(H,23,24). The third kappa shape index (κ3) is 4.45. The lowest BCUT2D eigenvalue weighted by Crippen LogP contribution is -2.15. The van der Waals surface area contributed by atoms with Crippen molar-refractivity contribution in [2.24, 2.45) is 5.92 Å². The molecule has 27 heavy (non-hydrogen) atoms. The zero-order valence-electron chi connectivity index (χ0n) is 15.4. The Kier molecular flexibility index (Phi) is 6.06. The highest BCUT2D eigenvalue weighted by atomic mass is 32.1. The van der Waals surface area contributed by atoms with Crippen molar-refractivity contribution in [3.63, 3.8) is 0 Å². The van der Waals surface area contributed by atoms with Crippen LogP contribution in [-0.4, -0.2) is 19.0 Å². The first-order chi connectivity index (χ1) is 13.0. The number of carbonyl (C=O) groups is 2. The fraction of sp³-hybridized carbons (Fsp3) is 0.333. The molecule has 1 heterocycles. The van der Waals surface area contributed by atoms with E-state index in [2.05, 4.69) is 12.2 Å². The van der Waals surface area contributed by atoms with E-state index in [1.165, 1.54) is 36.7 Å². The minimum Gasteiger partial charge on any atom is -0.465 e. The minimum absolute atomic E-state index is 0.325. The molecule has 4 nitrogen and oxygen atoms in total. The molecule has 6 heteroatoms. The van der Waals surface area contributed by atoms with Gasteiger partial charge in [-0.3, -0.25) is 4.79 Å². The molecule has 142 valence electrons. The molecule has 1 atom stereocenters. The number of carbonyl (C=O) groups excluding carboxylic acids is 2. The largest absolute Gasteiger partial charge is 0.465 e. The fourth-order valence-corrected chi connectivity index (χ4v) is 4.66. The molecule has 0 aliphatic heterocycles. The predicted molar refractivity (Wildman–Crippen MR) is 106 cm³/mol. The zero-order chi connectivity index (χ0) is 19.4. The molecule has 2 aromatic rings. The molecule has 0 spiro atoms. The number of thiophene rings is 1. The molecule has 0 saturated carbocycles. The molecule has 1 aromatic heterocycles. The summed E-state index contributed by atoms with van der Waals surface area (Å²) in [7, 11) is 1.35. The number of methoxy groups -OCH3 is 1. The number of benzene rings is 1. The molecule has 1 aromatic carbocycles. The third-order valence-corrected chi connectivity index (χ3v) is 6.04. The Balaban J connectivity index is 1.81. The van der Waals surface area contributed by atoms with Gasteiger partial charge in [0.05, 0.1) is 12.7 Å². The lowest BCUT2D eigenvalue weighted by molar-refractivity contribution is -0.111. The zero-order valence-corrected chi connectivity index (χ0v) is 16.2. The van der Waals surface area contributed by atoms with Gasteiger partial charge in [0.25, 0.3) is 0 Å². The van der Waals surface area contributed by atoms with E-state index in [9.17, 15) is 14.0 Å². The van der Waals surface area contributed by atoms with Crippen molar-refractivity contribution in [3.8, 4) is 0 Å². The van der Waals surface area contributed by atoms with Crippen molar-refractivity contribution in [2.75, 3.05) is 12.4 Å². The number of amides is 1. The summed E-state index contributed by atoms with van der Waals surface area (Å²) in [6.45, 7) is 2.17. The molecule has 0 bridgehead atoms. The van der Waals surface area contributed by atoms with Crippen LogP contribution in [0.5, 0.6) is 0 Å². The predicted octanol–water partition coefficient (Wildman–Crippen LogP) is 4.84. The summed E-state index contributed by atoms with van der Waals surface area (Å²) < 4.78 is 17.9. The number of nitrogens with one attached hydrogen (secondary N) is 1. The van der Waals surface area contributed by atoms with Crippen LogP contribution < -0.4 is 5.32 Å². The summed E-state index contributed by atoms with van der Waals surface area (Å²) in [5.41, 5.74) is 2.21. The number of halogens is 1. The SMILES string of the molecule is CCC1CCc2c(sc(NC(=O)C=Cc3ccc(F)cc3)c2C(=O)OC)C1. The summed E-state index contributed by atoms with van der Waals surface area (Å²) in [4.78, 5) is 25.8. The van der Waals surface area contributed by atoms with E-state index in [-0.39, 0.29) is 11.7 Å². The van der Waals surface area contributed by atoms with E-state index >= 15 is 0 Å². The quantitative estimate of drug-likeness (QED) is 0.590. The van der Waals surface area contributed by atoms with Gasteiger partial charge in [0, 0.05) is 11.0 Å². The van der Waals surface area contributed by atoms with Gasteiger partial charge in [-0.05, 0) is 54.5 Å². The van der Waals surface area contributed by atoms with Crippen LogP contribution in [-0.2, 0) is 22.4 Å². The van der Waals surface area contributed by atoms with Crippen molar-refractivity contribution in [3.05, 3.63) is 57.7 Å². The number of hydrogen-bond donors (Lipinski definition) is 1. The molecule has 1 aliphatic rings. The van der Waals surface area contributed by atoms with E-state index in [1.807, 2.05) is 0 Å². The van der Waals surface area contributed by atoms with Gasteiger partial charge in [-0.1, -0.05) is 25.5 Å². The lowest BCUT2D eigenvalue weighted by atomic mass is 9.86. The van der Waals surface area contributed by atoms with Crippen LogP contribution in [0.25, 0.3) is 6.08 Å². The van der Waals surface area contributed by atoms with Crippen molar-refractivity contribution in [1.29, 1.82) is 0 Å². The first-order valence-corrected chi connectivity index (χ1v) is 9.81. The van der Waals surface area contributed by atoms with Crippen LogP contribution in [0, 0.1) is 11.7 Å². The first kappa shape index (κ1) is 19.3. The van der Waals surface area contributed by atoms with Crippen molar-refractivity contribution in [1.82, 2.24) is 0 Å².